The summed E-state index contributed by atoms with van der Waals surface area (Å²) in [6.45, 7) is 0.982. The number of pyridine rings is 1. The van der Waals surface area contributed by atoms with Gasteiger partial charge in [-0.1, -0.05) is 0 Å². The Morgan fingerprint density at radius 1 is 1.38 bits per heavy atom. The van der Waals surface area contributed by atoms with Crippen LogP contribution in [0.25, 0.3) is 15.9 Å². The minimum Gasteiger partial charge on any atom is -0.383 e. The summed E-state index contributed by atoms with van der Waals surface area (Å²) < 4.78 is 6.91. The highest BCUT2D eigenvalue weighted by Gasteiger charge is 2.19. The van der Waals surface area contributed by atoms with Crippen LogP contribution in [0.15, 0.2) is 42.9 Å². The lowest BCUT2D eigenvalue weighted by Crippen LogP contribution is -2.27. The quantitative estimate of drug-likeness (QED) is 0.737. The van der Waals surface area contributed by atoms with Crippen molar-refractivity contribution in [2.24, 2.45) is 0 Å². The summed E-state index contributed by atoms with van der Waals surface area (Å²) in [6, 6.07) is 7.74. The van der Waals surface area contributed by atoms with E-state index in [1.165, 1.54) is 11.3 Å². The molecule has 0 unspecified atom stereocenters. The van der Waals surface area contributed by atoms with Gasteiger partial charge in [0.15, 0.2) is 0 Å². The van der Waals surface area contributed by atoms with Crippen molar-refractivity contribution < 1.29 is 9.53 Å². The van der Waals surface area contributed by atoms with Crippen LogP contribution in [0.2, 0.25) is 0 Å². The molecule has 0 bridgehead atoms. The van der Waals surface area contributed by atoms with E-state index in [-0.39, 0.29) is 5.91 Å². The summed E-state index contributed by atoms with van der Waals surface area (Å²) in [5.74, 6) is -0.0984. The highest BCUT2D eigenvalue weighted by atomic mass is 32.1. The third-order valence-electron chi connectivity index (χ3n) is 3.10. The maximum absolute atomic E-state index is 12.4. The zero-order chi connectivity index (χ0) is 14.7. The Bertz CT molecular complexity index is 749. The first-order valence-electron chi connectivity index (χ1n) is 6.59. The fraction of sp³-hybridized carbons (Fsp3) is 0.200. The van der Waals surface area contributed by atoms with Gasteiger partial charge in [-0.05, 0) is 24.3 Å². The van der Waals surface area contributed by atoms with Crippen LogP contribution in [0.1, 0.15) is 9.67 Å². The number of methoxy groups -OCH3 is 1. The molecule has 0 saturated heterocycles. The number of nitrogens with zero attached hydrogens (tertiary/aromatic N) is 2. The molecular formula is C15H15N3O2S. The Morgan fingerprint density at radius 3 is 2.95 bits per heavy atom. The molecule has 0 aliphatic carbocycles. The highest BCUT2D eigenvalue weighted by molar-refractivity contribution is 7.21. The number of carbonyl (C=O) groups excluding carboxylic acids is 1. The average Bonchev–Trinajstić information content (AvgIpc) is 3.14. The van der Waals surface area contributed by atoms with Gasteiger partial charge in [0.05, 0.1) is 12.3 Å². The minimum absolute atomic E-state index is 0.0984. The zero-order valence-electron chi connectivity index (χ0n) is 11.6. The summed E-state index contributed by atoms with van der Waals surface area (Å²) >= 11 is 1.40. The van der Waals surface area contributed by atoms with E-state index in [1.54, 1.807) is 13.3 Å². The highest BCUT2D eigenvalue weighted by Crippen LogP contribution is 2.32. The molecule has 0 radical (unpaired) electrons. The number of fused-ring (bicyclic) bond motifs is 1. The molecule has 0 atom stereocenters. The normalized spacial score (nSPS) is 10.9. The van der Waals surface area contributed by atoms with Crippen LogP contribution in [0.5, 0.6) is 0 Å². The molecule has 3 aromatic rings. The van der Waals surface area contributed by atoms with Crippen LogP contribution < -0.4 is 5.32 Å². The van der Waals surface area contributed by atoms with Gasteiger partial charge >= 0.3 is 0 Å². The molecular weight excluding hydrogens is 286 g/mol. The number of ether oxygens (including phenoxy) is 1. The van der Waals surface area contributed by atoms with Gasteiger partial charge in [0.2, 0.25) is 0 Å². The Labute approximate surface area is 126 Å². The molecule has 0 fully saturated rings. The molecule has 0 spiro atoms. The van der Waals surface area contributed by atoms with Crippen LogP contribution >= 0.6 is 11.3 Å². The molecule has 3 aromatic heterocycles. The maximum atomic E-state index is 12.4. The Balaban J connectivity index is 2.05. The van der Waals surface area contributed by atoms with Crippen molar-refractivity contribution in [3.8, 4) is 5.69 Å². The lowest BCUT2D eigenvalue weighted by Gasteiger charge is -2.07. The number of aromatic nitrogens is 2. The van der Waals surface area contributed by atoms with Crippen molar-refractivity contribution in [3.05, 3.63) is 47.7 Å². The van der Waals surface area contributed by atoms with Crippen molar-refractivity contribution in [1.82, 2.24) is 14.9 Å². The van der Waals surface area contributed by atoms with E-state index in [9.17, 15) is 4.79 Å². The lowest BCUT2D eigenvalue weighted by atomic mass is 10.2. The van der Waals surface area contributed by atoms with Crippen molar-refractivity contribution in [2.45, 2.75) is 0 Å². The number of rotatable bonds is 5. The third-order valence-corrected chi connectivity index (χ3v) is 4.20. The topological polar surface area (TPSA) is 56.1 Å². The summed E-state index contributed by atoms with van der Waals surface area (Å²) in [4.78, 5) is 18.3. The predicted octanol–water partition coefficient (Wildman–Crippen LogP) is 2.46. The lowest BCUT2D eigenvalue weighted by molar-refractivity contribution is 0.0941. The van der Waals surface area contributed by atoms with Crippen molar-refractivity contribution in [3.63, 3.8) is 0 Å². The molecule has 0 aliphatic rings. The fourth-order valence-electron chi connectivity index (χ4n) is 2.16. The van der Waals surface area contributed by atoms with E-state index in [0.717, 1.165) is 15.9 Å². The first kappa shape index (κ1) is 13.8. The molecule has 3 heterocycles. The van der Waals surface area contributed by atoms with Gasteiger partial charge < -0.3 is 14.6 Å². The minimum atomic E-state index is -0.0984. The van der Waals surface area contributed by atoms with Gasteiger partial charge in [-0.25, -0.2) is 4.98 Å². The van der Waals surface area contributed by atoms with Crippen LogP contribution in [-0.2, 0) is 4.74 Å². The number of carbonyl (C=O) groups is 1. The smallest absolute Gasteiger partial charge is 0.263 e. The molecule has 1 amide bonds. The molecule has 5 nitrogen and oxygen atoms in total. The molecule has 108 valence electrons. The molecule has 0 aliphatic heterocycles. The van der Waals surface area contributed by atoms with Crippen molar-refractivity contribution >= 4 is 27.5 Å². The summed E-state index contributed by atoms with van der Waals surface area (Å²) in [5.41, 5.74) is 0.878. The first-order chi connectivity index (χ1) is 10.3. The van der Waals surface area contributed by atoms with Crippen LogP contribution in [0, 0.1) is 0 Å². The molecule has 0 aromatic carbocycles. The third kappa shape index (κ3) is 2.68. The maximum Gasteiger partial charge on any atom is 0.263 e. The standard InChI is InChI=1S/C15H15N3O2S/c1-20-10-7-16-14(19)13-12(18-8-2-3-9-18)11-5-4-6-17-15(11)21-13/h2-6,8-9H,7,10H2,1H3,(H,16,19). The number of hydrogen-bond acceptors (Lipinski definition) is 4. The van der Waals surface area contributed by atoms with Gasteiger partial charge in [0.25, 0.3) is 5.91 Å². The molecule has 1 N–H and O–H groups in total. The number of hydrogen-bond donors (Lipinski definition) is 1. The fourth-order valence-corrected chi connectivity index (χ4v) is 3.22. The Hall–Kier alpha value is -2.18. The number of thiophene rings is 1. The van der Waals surface area contributed by atoms with Gasteiger partial charge in [0.1, 0.15) is 9.71 Å². The second kappa shape index (κ2) is 6.07. The van der Waals surface area contributed by atoms with Crippen molar-refractivity contribution in [2.75, 3.05) is 20.3 Å². The van der Waals surface area contributed by atoms with Gasteiger partial charge in [-0.3, -0.25) is 4.79 Å². The SMILES string of the molecule is COCCNC(=O)c1sc2ncccc2c1-n1cccc1. The van der Waals surface area contributed by atoms with Crippen LogP contribution in [-0.4, -0.2) is 35.7 Å². The van der Waals surface area contributed by atoms with E-state index >= 15 is 0 Å². The molecule has 6 heteroatoms. The zero-order valence-corrected chi connectivity index (χ0v) is 12.4. The van der Waals surface area contributed by atoms with Crippen molar-refractivity contribution in [1.29, 1.82) is 0 Å². The Kier molecular flexibility index (Phi) is 3.98. The molecule has 3 rings (SSSR count). The van der Waals surface area contributed by atoms with Crippen LogP contribution in [0.4, 0.5) is 0 Å². The van der Waals surface area contributed by atoms with Crippen LogP contribution in [0.3, 0.4) is 0 Å². The molecule has 0 saturated carbocycles. The Morgan fingerprint density at radius 2 is 2.19 bits per heavy atom. The van der Waals surface area contributed by atoms with E-state index in [4.69, 9.17) is 4.74 Å². The summed E-state index contributed by atoms with van der Waals surface area (Å²) in [7, 11) is 1.61. The van der Waals surface area contributed by atoms with Gasteiger partial charge in [-0.15, -0.1) is 11.3 Å². The largest absolute Gasteiger partial charge is 0.383 e. The summed E-state index contributed by atoms with van der Waals surface area (Å²) in [5, 5.41) is 3.85. The van der Waals surface area contributed by atoms with E-state index in [0.29, 0.717) is 18.0 Å². The first-order valence-corrected chi connectivity index (χ1v) is 7.41. The molecule has 21 heavy (non-hydrogen) atoms. The second-order valence-corrected chi connectivity index (χ2v) is 5.47. The average molecular weight is 301 g/mol. The number of amides is 1. The van der Waals surface area contributed by atoms with E-state index in [1.807, 2.05) is 41.2 Å². The monoisotopic (exact) mass is 301 g/mol. The van der Waals surface area contributed by atoms with E-state index < -0.39 is 0 Å². The second-order valence-electron chi connectivity index (χ2n) is 4.47. The van der Waals surface area contributed by atoms with Gasteiger partial charge in [0, 0.05) is 37.6 Å². The summed E-state index contributed by atoms with van der Waals surface area (Å²) in [6.07, 6.45) is 5.60. The van der Waals surface area contributed by atoms with E-state index in [2.05, 4.69) is 10.3 Å². The predicted molar refractivity (Wildman–Crippen MR) is 83.2 cm³/mol. The van der Waals surface area contributed by atoms with Gasteiger partial charge in [-0.2, -0.15) is 0 Å². The number of nitrogens with one attached hydrogen (secondary N) is 1.